The van der Waals surface area contributed by atoms with E-state index in [9.17, 15) is 28.8 Å². The highest BCUT2D eigenvalue weighted by atomic mass is 16.4. The summed E-state index contributed by atoms with van der Waals surface area (Å²) in [6.45, 7) is -0.734. The normalized spacial score (nSPS) is 13.2. The average molecular weight is 519 g/mol. The smallest absolute Gasteiger partial charge is 0.322 e. The van der Waals surface area contributed by atoms with E-state index < -0.39 is 66.7 Å². The van der Waals surface area contributed by atoms with Crippen LogP contribution in [0.4, 0.5) is 0 Å². The van der Waals surface area contributed by atoms with Gasteiger partial charge in [-0.05, 0) is 24.5 Å². The van der Waals surface area contributed by atoms with Crippen molar-refractivity contribution in [1.82, 2.24) is 20.9 Å². The third-order valence-corrected chi connectivity index (χ3v) is 5.46. The van der Waals surface area contributed by atoms with Gasteiger partial charge in [-0.3, -0.25) is 28.8 Å². The van der Waals surface area contributed by atoms with E-state index in [0.29, 0.717) is 5.56 Å². The van der Waals surface area contributed by atoms with Crippen LogP contribution in [0, 0.1) is 0 Å². The number of para-hydroxylation sites is 1. The minimum absolute atomic E-state index is 0.0213. The predicted molar refractivity (Wildman–Crippen MR) is 130 cm³/mol. The first-order chi connectivity index (χ1) is 17.5. The molecule has 1 heterocycles. The molecule has 3 atom stereocenters. The Kier molecular flexibility index (Phi) is 10.6. The van der Waals surface area contributed by atoms with Crippen molar-refractivity contribution in [3.63, 3.8) is 0 Å². The van der Waals surface area contributed by atoms with E-state index >= 15 is 0 Å². The number of H-pyrrole nitrogens is 1. The number of hydrogen-bond donors (Lipinski definition) is 8. The Bertz CT molecular complexity index is 1160. The summed E-state index contributed by atoms with van der Waals surface area (Å²) in [5, 5.41) is 25.6. The standard InChI is InChI=1S/C23H30N6O8/c24-14(5-7-18(25)30)21(35)29-17(9-12-10-26-15-4-2-1-3-13(12)15)23(37)28-16(6-8-19(31)32)22(36)27-11-20(33)34/h1-4,10,14,16-17,26H,5-9,11,24H2,(H2,25,30)(H,27,36)(H,28,37)(H,29,35)(H,31,32)(H,33,34). The lowest BCUT2D eigenvalue weighted by atomic mass is 10.0. The first kappa shape index (κ1) is 28.8. The van der Waals surface area contributed by atoms with E-state index in [-0.39, 0.29) is 25.7 Å². The molecule has 0 bridgehead atoms. The summed E-state index contributed by atoms with van der Waals surface area (Å²) >= 11 is 0. The minimum atomic E-state index is -1.38. The Balaban J connectivity index is 2.26. The second-order valence-electron chi connectivity index (χ2n) is 8.34. The minimum Gasteiger partial charge on any atom is -0.481 e. The van der Waals surface area contributed by atoms with Crippen molar-refractivity contribution in [2.24, 2.45) is 11.5 Å². The van der Waals surface area contributed by atoms with Gasteiger partial charge in [0.15, 0.2) is 0 Å². The van der Waals surface area contributed by atoms with Crippen LogP contribution in [0.1, 0.15) is 31.2 Å². The fourth-order valence-electron chi connectivity index (χ4n) is 3.53. The molecular formula is C23H30N6O8. The first-order valence-corrected chi connectivity index (χ1v) is 11.4. The summed E-state index contributed by atoms with van der Waals surface area (Å²) < 4.78 is 0. The fourth-order valence-corrected chi connectivity index (χ4v) is 3.53. The topological polar surface area (TPSA) is 247 Å². The molecule has 0 aliphatic carbocycles. The summed E-state index contributed by atoms with van der Waals surface area (Å²) in [5.41, 5.74) is 12.4. The third kappa shape index (κ3) is 9.25. The highest BCUT2D eigenvalue weighted by Gasteiger charge is 2.29. The molecule has 4 amide bonds. The van der Waals surface area contributed by atoms with Crippen LogP contribution in [0.2, 0.25) is 0 Å². The number of carbonyl (C=O) groups is 6. The second kappa shape index (κ2) is 13.6. The molecule has 0 fully saturated rings. The summed E-state index contributed by atoms with van der Waals surface area (Å²) in [7, 11) is 0. The lowest BCUT2D eigenvalue weighted by Crippen LogP contribution is -2.56. The van der Waals surface area contributed by atoms with Gasteiger partial charge in [-0.25, -0.2) is 0 Å². The number of rotatable bonds is 15. The van der Waals surface area contributed by atoms with E-state index in [1.54, 1.807) is 12.3 Å². The number of hydrogen-bond acceptors (Lipinski definition) is 7. The molecule has 0 saturated carbocycles. The van der Waals surface area contributed by atoms with Gasteiger partial charge in [-0.1, -0.05) is 18.2 Å². The first-order valence-electron chi connectivity index (χ1n) is 11.4. The zero-order valence-corrected chi connectivity index (χ0v) is 19.9. The zero-order valence-electron chi connectivity index (χ0n) is 19.9. The molecule has 14 nitrogen and oxygen atoms in total. The van der Waals surface area contributed by atoms with E-state index in [4.69, 9.17) is 21.7 Å². The van der Waals surface area contributed by atoms with Gasteiger partial charge in [0.25, 0.3) is 0 Å². The van der Waals surface area contributed by atoms with Crippen molar-refractivity contribution in [3.05, 3.63) is 36.0 Å². The van der Waals surface area contributed by atoms with Gasteiger partial charge in [0.05, 0.1) is 6.04 Å². The third-order valence-electron chi connectivity index (χ3n) is 5.46. The van der Waals surface area contributed by atoms with Crippen LogP contribution in [0.3, 0.4) is 0 Å². The molecule has 200 valence electrons. The van der Waals surface area contributed by atoms with E-state index in [1.807, 2.05) is 18.2 Å². The highest BCUT2D eigenvalue weighted by molar-refractivity contribution is 5.94. The van der Waals surface area contributed by atoms with Crippen LogP contribution in [-0.2, 0) is 35.2 Å². The number of primary amides is 1. The molecule has 0 saturated heterocycles. The second-order valence-corrected chi connectivity index (χ2v) is 8.34. The van der Waals surface area contributed by atoms with Crippen LogP contribution in [-0.4, -0.2) is 75.4 Å². The van der Waals surface area contributed by atoms with Crippen LogP contribution in [0.5, 0.6) is 0 Å². The number of carboxylic acid groups (broad SMARTS) is 2. The van der Waals surface area contributed by atoms with Crippen molar-refractivity contribution < 1.29 is 39.0 Å². The molecule has 10 N–H and O–H groups in total. The van der Waals surface area contributed by atoms with Gasteiger partial charge in [0, 0.05) is 36.4 Å². The summed E-state index contributed by atoms with van der Waals surface area (Å²) in [5.74, 6) is -5.65. The SMILES string of the molecule is NC(=O)CCC(N)C(=O)NC(Cc1c[nH]c2ccccc12)C(=O)NC(CCC(=O)O)C(=O)NCC(=O)O. The van der Waals surface area contributed by atoms with Crippen LogP contribution in [0.15, 0.2) is 30.5 Å². The Labute approximate surface area is 211 Å². The lowest BCUT2D eigenvalue weighted by molar-refractivity contribution is -0.140. The Morgan fingerprint density at radius 3 is 2.19 bits per heavy atom. The van der Waals surface area contributed by atoms with Crippen molar-refractivity contribution in [2.45, 2.75) is 50.2 Å². The van der Waals surface area contributed by atoms with E-state index in [0.717, 1.165) is 10.9 Å². The van der Waals surface area contributed by atoms with Crippen molar-refractivity contribution >= 4 is 46.5 Å². The molecule has 1 aromatic heterocycles. The Morgan fingerprint density at radius 1 is 0.865 bits per heavy atom. The monoisotopic (exact) mass is 518 g/mol. The number of carboxylic acids is 2. The van der Waals surface area contributed by atoms with Gasteiger partial charge in [0.1, 0.15) is 18.6 Å². The molecule has 37 heavy (non-hydrogen) atoms. The van der Waals surface area contributed by atoms with Gasteiger partial charge in [-0.15, -0.1) is 0 Å². The number of aromatic amines is 1. The van der Waals surface area contributed by atoms with Crippen LogP contribution in [0.25, 0.3) is 10.9 Å². The Hall–Kier alpha value is -4.46. The fraction of sp³-hybridized carbons (Fsp3) is 0.391. The zero-order chi connectivity index (χ0) is 27.5. The van der Waals surface area contributed by atoms with Gasteiger partial charge in [-0.2, -0.15) is 0 Å². The maximum atomic E-state index is 13.2. The van der Waals surface area contributed by atoms with Crippen LogP contribution >= 0.6 is 0 Å². The lowest BCUT2D eigenvalue weighted by Gasteiger charge is -2.24. The average Bonchev–Trinajstić information content (AvgIpc) is 3.25. The number of aromatic nitrogens is 1. The molecule has 3 unspecified atom stereocenters. The molecule has 0 aliphatic rings. The maximum absolute atomic E-state index is 13.2. The predicted octanol–water partition coefficient (Wildman–Crippen LogP) is -1.66. The van der Waals surface area contributed by atoms with E-state index in [1.165, 1.54) is 0 Å². The van der Waals surface area contributed by atoms with Gasteiger partial charge < -0.3 is 42.6 Å². The van der Waals surface area contributed by atoms with Crippen molar-refractivity contribution in [1.29, 1.82) is 0 Å². The van der Waals surface area contributed by atoms with Crippen molar-refractivity contribution in [3.8, 4) is 0 Å². The maximum Gasteiger partial charge on any atom is 0.322 e. The molecule has 1 aromatic carbocycles. The van der Waals surface area contributed by atoms with Gasteiger partial charge >= 0.3 is 11.9 Å². The number of fused-ring (bicyclic) bond motifs is 1. The molecular weight excluding hydrogens is 488 g/mol. The number of carbonyl (C=O) groups excluding carboxylic acids is 4. The molecule has 0 spiro atoms. The molecule has 0 radical (unpaired) electrons. The summed E-state index contributed by atoms with van der Waals surface area (Å²) in [6.07, 6.45) is 0.635. The number of nitrogens with two attached hydrogens (primary N) is 2. The summed E-state index contributed by atoms with van der Waals surface area (Å²) in [4.78, 5) is 74.3. The van der Waals surface area contributed by atoms with E-state index in [2.05, 4.69) is 20.9 Å². The quantitative estimate of drug-likeness (QED) is 0.134. The number of benzene rings is 1. The van der Waals surface area contributed by atoms with Crippen LogP contribution < -0.4 is 27.4 Å². The highest BCUT2D eigenvalue weighted by Crippen LogP contribution is 2.19. The molecule has 2 aromatic rings. The molecule has 0 aliphatic heterocycles. The Morgan fingerprint density at radius 2 is 1.54 bits per heavy atom. The number of nitrogens with one attached hydrogen (secondary N) is 4. The van der Waals surface area contributed by atoms with Gasteiger partial charge in [0.2, 0.25) is 23.6 Å². The molecule has 14 heteroatoms. The van der Waals surface area contributed by atoms with Crippen molar-refractivity contribution in [2.75, 3.05) is 6.54 Å². The number of aliphatic carboxylic acids is 2. The number of amides is 4. The molecule has 2 rings (SSSR count). The largest absolute Gasteiger partial charge is 0.481 e. The summed E-state index contributed by atoms with van der Waals surface area (Å²) in [6, 6.07) is 3.47.